The van der Waals surface area contributed by atoms with Gasteiger partial charge in [0.15, 0.2) is 17.5 Å². The maximum absolute atomic E-state index is 6.54. The van der Waals surface area contributed by atoms with Gasteiger partial charge in [-0.3, -0.25) is 0 Å². The number of fused-ring (bicyclic) bond motifs is 4. The standard InChI is InChI=1S/C46H33N3O/c1-4-15-33(16-5-1)38(37-26-25-32-14-10-11-21-36(32)30-37)27-24-31-28-40(43-39-22-12-13-23-41(39)50-42(43)29-31)46-48-44(34-17-6-2-7-18-34)47-45(49-46)35-19-8-3-9-20-35/h1-23,25-26,28-30,38H,24,27H2. The summed E-state index contributed by atoms with van der Waals surface area (Å²) in [6.07, 6.45) is 1.77. The quantitative estimate of drug-likeness (QED) is 0.165. The van der Waals surface area contributed by atoms with Gasteiger partial charge in [-0.05, 0) is 58.5 Å². The molecule has 50 heavy (non-hydrogen) atoms. The van der Waals surface area contributed by atoms with Crippen molar-refractivity contribution in [1.82, 2.24) is 15.0 Å². The Morgan fingerprint density at radius 1 is 0.460 bits per heavy atom. The van der Waals surface area contributed by atoms with Gasteiger partial charge in [-0.15, -0.1) is 0 Å². The monoisotopic (exact) mass is 643 g/mol. The minimum Gasteiger partial charge on any atom is -0.456 e. The normalized spacial score (nSPS) is 12.1. The van der Waals surface area contributed by atoms with E-state index in [1.807, 2.05) is 72.8 Å². The number of para-hydroxylation sites is 1. The van der Waals surface area contributed by atoms with Crippen molar-refractivity contribution < 1.29 is 4.42 Å². The fourth-order valence-corrected chi connectivity index (χ4v) is 7.11. The van der Waals surface area contributed by atoms with Crippen LogP contribution in [0.15, 0.2) is 174 Å². The van der Waals surface area contributed by atoms with Crippen molar-refractivity contribution in [2.75, 3.05) is 0 Å². The Balaban J connectivity index is 1.19. The summed E-state index contributed by atoms with van der Waals surface area (Å²) < 4.78 is 6.54. The van der Waals surface area contributed by atoms with E-state index in [-0.39, 0.29) is 5.92 Å². The van der Waals surface area contributed by atoms with E-state index < -0.39 is 0 Å². The van der Waals surface area contributed by atoms with E-state index in [1.54, 1.807) is 0 Å². The lowest BCUT2D eigenvalue weighted by molar-refractivity contribution is 0.666. The highest BCUT2D eigenvalue weighted by molar-refractivity contribution is 6.12. The maximum Gasteiger partial charge on any atom is 0.164 e. The van der Waals surface area contributed by atoms with Crippen molar-refractivity contribution in [1.29, 1.82) is 0 Å². The first-order valence-electron chi connectivity index (χ1n) is 17.1. The van der Waals surface area contributed by atoms with Gasteiger partial charge in [-0.25, -0.2) is 15.0 Å². The minimum atomic E-state index is 0.224. The lowest BCUT2D eigenvalue weighted by atomic mass is 9.85. The molecular formula is C46H33N3O. The number of furan rings is 1. The van der Waals surface area contributed by atoms with Crippen LogP contribution >= 0.6 is 0 Å². The number of rotatable bonds is 8. The highest BCUT2D eigenvalue weighted by Crippen LogP contribution is 2.39. The number of aromatic nitrogens is 3. The minimum absolute atomic E-state index is 0.224. The van der Waals surface area contributed by atoms with E-state index in [2.05, 4.69) is 97.1 Å². The second-order valence-electron chi connectivity index (χ2n) is 12.8. The molecule has 1 atom stereocenters. The molecule has 9 rings (SSSR count). The van der Waals surface area contributed by atoms with Crippen molar-refractivity contribution in [2.45, 2.75) is 18.8 Å². The number of nitrogens with zero attached hydrogens (tertiary/aromatic N) is 3. The fourth-order valence-electron chi connectivity index (χ4n) is 7.11. The third-order valence-electron chi connectivity index (χ3n) is 9.58. The molecule has 0 saturated heterocycles. The van der Waals surface area contributed by atoms with Gasteiger partial charge < -0.3 is 4.42 Å². The van der Waals surface area contributed by atoms with Gasteiger partial charge in [0, 0.05) is 33.4 Å². The predicted molar refractivity (Wildman–Crippen MR) is 204 cm³/mol. The van der Waals surface area contributed by atoms with Gasteiger partial charge in [0.1, 0.15) is 11.2 Å². The number of benzene rings is 7. The molecule has 4 heteroatoms. The average Bonchev–Trinajstić information content (AvgIpc) is 3.57. The summed E-state index contributed by atoms with van der Waals surface area (Å²) in [5, 5.41) is 4.58. The Hall–Kier alpha value is -6.39. The van der Waals surface area contributed by atoms with Crippen molar-refractivity contribution in [3.05, 3.63) is 187 Å². The van der Waals surface area contributed by atoms with Crippen LogP contribution in [0.4, 0.5) is 0 Å². The van der Waals surface area contributed by atoms with E-state index in [4.69, 9.17) is 19.4 Å². The molecule has 0 saturated carbocycles. The van der Waals surface area contributed by atoms with E-state index in [1.165, 1.54) is 27.5 Å². The molecule has 238 valence electrons. The molecule has 2 heterocycles. The number of aryl methyl sites for hydroxylation is 1. The SMILES string of the molecule is c1ccc(-c2nc(-c3ccccc3)nc(-c3cc(CCC(c4ccccc4)c4ccc5ccccc5c4)cc4oc5ccccc5c34)n2)cc1. The Labute approximate surface area is 290 Å². The molecule has 9 aromatic rings. The molecule has 1 unspecified atom stereocenters. The van der Waals surface area contributed by atoms with Crippen LogP contribution in [0.3, 0.4) is 0 Å². The smallest absolute Gasteiger partial charge is 0.164 e. The van der Waals surface area contributed by atoms with Crippen LogP contribution in [0.25, 0.3) is 66.9 Å². The zero-order valence-corrected chi connectivity index (χ0v) is 27.4. The van der Waals surface area contributed by atoms with Crippen LogP contribution in [0.2, 0.25) is 0 Å². The summed E-state index contributed by atoms with van der Waals surface area (Å²) in [4.78, 5) is 15.2. The first kappa shape index (κ1) is 29.7. The van der Waals surface area contributed by atoms with Crippen LogP contribution < -0.4 is 0 Å². The van der Waals surface area contributed by atoms with Gasteiger partial charge in [0.25, 0.3) is 0 Å². The highest BCUT2D eigenvalue weighted by Gasteiger charge is 2.21. The highest BCUT2D eigenvalue weighted by atomic mass is 16.3. The van der Waals surface area contributed by atoms with Crippen LogP contribution in [0.5, 0.6) is 0 Å². The van der Waals surface area contributed by atoms with Crippen molar-refractivity contribution >= 4 is 32.7 Å². The molecular weight excluding hydrogens is 611 g/mol. The molecule has 0 bridgehead atoms. The maximum atomic E-state index is 6.54. The molecule has 0 spiro atoms. The Kier molecular flexibility index (Phi) is 7.67. The molecule has 4 nitrogen and oxygen atoms in total. The van der Waals surface area contributed by atoms with Crippen LogP contribution in [-0.4, -0.2) is 15.0 Å². The molecule has 0 fully saturated rings. The van der Waals surface area contributed by atoms with Gasteiger partial charge in [-0.1, -0.05) is 152 Å². The lowest BCUT2D eigenvalue weighted by Gasteiger charge is -2.19. The zero-order chi connectivity index (χ0) is 33.3. The molecule has 2 aromatic heterocycles. The summed E-state index contributed by atoms with van der Waals surface area (Å²) in [6, 6.07) is 59.3. The summed E-state index contributed by atoms with van der Waals surface area (Å²) in [5.74, 6) is 2.13. The van der Waals surface area contributed by atoms with Gasteiger partial charge in [0.2, 0.25) is 0 Å². The summed E-state index contributed by atoms with van der Waals surface area (Å²) in [5.41, 5.74) is 8.32. The third-order valence-corrected chi connectivity index (χ3v) is 9.58. The molecule has 0 aliphatic carbocycles. The van der Waals surface area contributed by atoms with Crippen molar-refractivity contribution in [3.8, 4) is 34.2 Å². The van der Waals surface area contributed by atoms with Crippen LogP contribution in [0, 0.1) is 0 Å². The fraction of sp³-hybridized carbons (Fsp3) is 0.0652. The van der Waals surface area contributed by atoms with Gasteiger partial charge in [-0.2, -0.15) is 0 Å². The largest absolute Gasteiger partial charge is 0.456 e. The Morgan fingerprint density at radius 2 is 1.06 bits per heavy atom. The average molecular weight is 644 g/mol. The van der Waals surface area contributed by atoms with E-state index >= 15 is 0 Å². The molecule has 0 aliphatic heterocycles. The second-order valence-corrected chi connectivity index (χ2v) is 12.8. The molecule has 0 amide bonds. The van der Waals surface area contributed by atoms with E-state index in [0.717, 1.165) is 51.5 Å². The van der Waals surface area contributed by atoms with Gasteiger partial charge >= 0.3 is 0 Å². The second kappa shape index (κ2) is 12.9. The van der Waals surface area contributed by atoms with Gasteiger partial charge in [0.05, 0.1) is 0 Å². The number of hydrogen-bond acceptors (Lipinski definition) is 4. The molecule has 0 radical (unpaired) electrons. The van der Waals surface area contributed by atoms with Crippen molar-refractivity contribution in [3.63, 3.8) is 0 Å². The zero-order valence-electron chi connectivity index (χ0n) is 27.4. The lowest BCUT2D eigenvalue weighted by Crippen LogP contribution is -2.04. The number of hydrogen-bond donors (Lipinski definition) is 0. The van der Waals surface area contributed by atoms with E-state index in [0.29, 0.717) is 17.5 Å². The third kappa shape index (κ3) is 5.71. The summed E-state index contributed by atoms with van der Waals surface area (Å²) in [6.45, 7) is 0. The van der Waals surface area contributed by atoms with Crippen LogP contribution in [-0.2, 0) is 6.42 Å². The molecule has 7 aromatic carbocycles. The van der Waals surface area contributed by atoms with Crippen LogP contribution in [0.1, 0.15) is 29.0 Å². The topological polar surface area (TPSA) is 51.8 Å². The molecule has 0 aliphatic rings. The van der Waals surface area contributed by atoms with E-state index in [9.17, 15) is 0 Å². The summed E-state index contributed by atoms with van der Waals surface area (Å²) in [7, 11) is 0. The summed E-state index contributed by atoms with van der Waals surface area (Å²) >= 11 is 0. The molecule has 0 N–H and O–H groups in total. The Morgan fingerprint density at radius 3 is 1.78 bits per heavy atom. The first-order chi connectivity index (χ1) is 24.8. The van der Waals surface area contributed by atoms with Crippen molar-refractivity contribution in [2.24, 2.45) is 0 Å². The Bertz CT molecular complexity index is 2540. The predicted octanol–water partition coefficient (Wildman–Crippen LogP) is 11.7. The first-order valence-corrected chi connectivity index (χ1v) is 17.1.